The summed E-state index contributed by atoms with van der Waals surface area (Å²) >= 11 is 4.84. The van der Waals surface area contributed by atoms with Gasteiger partial charge in [0.15, 0.2) is 4.77 Å². The SMILES string of the molecule is S=c1ncc(-c2cccnc2)c[nH]1. The summed E-state index contributed by atoms with van der Waals surface area (Å²) in [5.41, 5.74) is 2.02. The first-order chi connectivity index (χ1) is 6.36. The second-order valence-corrected chi connectivity index (χ2v) is 2.94. The van der Waals surface area contributed by atoms with E-state index in [1.165, 1.54) is 0 Å². The van der Waals surface area contributed by atoms with Crippen LogP contribution in [0.5, 0.6) is 0 Å². The van der Waals surface area contributed by atoms with Crippen molar-refractivity contribution in [3.8, 4) is 11.1 Å². The Morgan fingerprint density at radius 1 is 1.23 bits per heavy atom. The minimum atomic E-state index is 0.493. The van der Waals surface area contributed by atoms with Crippen LogP contribution in [-0.2, 0) is 0 Å². The first kappa shape index (κ1) is 8.07. The fourth-order valence-electron chi connectivity index (χ4n) is 1.03. The second kappa shape index (κ2) is 3.45. The van der Waals surface area contributed by atoms with E-state index in [0.717, 1.165) is 11.1 Å². The zero-order chi connectivity index (χ0) is 9.10. The highest BCUT2D eigenvalue weighted by Crippen LogP contribution is 2.14. The third-order valence-electron chi connectivity index (χ3n) is 1.67. The molecule has 2 aromatic rings. The number of rotatable bonds is 1. The molecule has 0 saturated carbocycles. The smallest absolute Gasteiger partial charge is 0.196 e. The van der Waals surface area contributed by atoms with Gasteiger partial charge in [-0.2, -0.15) is 0 Å². The molecule has 0 amide bonds. The van der Waals surface area contributed by atoms with Crippen LogP contribution in [-0.4, -0.2) is 15.0 Å². The molecule has 0 aliphatic heterocycles. The maximum atomic E-state index is 4.84. The van der Waals surface area contributed by atoms with E-state index >= 15 is 0 Å². The highest BCUT2D eigenvalue weighted by molar-refractivity contribution is 7.71. The Labute approximate surface area is 80.5 Å². The van der Waals surface area contributed by atoms with Crippen molar-refractivity contribution in [1.82, 2.24) is 15.0 Å². The summed E-state index contributed by atoms with van der Waals surface area (Å²) in [5, 5.41) is 0. The minimum Gasteiger partial charge on any atom is -0.337 e. The first-order valence-corrected chi connectivity index (χ1v) is 4.22. The maximum absolute atomic E-state index is 4.84. The van der Waals surface area contributed by atoms with Gasteiger partial charge in [-0.25, -0.2) is 4.98 Å². The molecule has 0 bridgehead atoms. The summed E-state index contributed by atoms with van der Waals surface area (Å²) in [6.45, 7) is 0. The molecule has 0 atom stereocenters. The van der Waals surface area contributed by atoms with Gasteiger partial charge >= 0.3 is 0 Å². The van der Waals surface area contributed by atoms with Crippen molar-refractivity contribution in [3.05, 3.63) is 41.7 Å². The Bertz CT molecular complexity index is 429. The summed E-state index contributed by atoms with van der Waals surface area (Å²) in [6.07, 6.45) is 7.08. The first-order valence-electron chi connectivity index (χ1n) is 3.81. The molecule has 0 aromatic carbocycles. The molecular formula is C9H7N3S. The zero-order valence-electron chi connectivity index (χ0n) is 6.77. The van der Waals surface area contributed by atoms with E-state index < -0.39 is 0 Å². The van der Waals surface area contributed by atoms with Crippen molar-refractivity contribution in [2.45, 2.75) is 0 Å². The highest BCUT2D eigenvalue weighted by Gasteiger charge is 1.95. The normalized spacial score (nSPS) is 9.85. The Hall–Kier alpha value is -1.55. The van der Waals surface area contributed by atoms with Crippen molar-refractivity contribution in [2.75, 3.05) is 0 Å². The molecule has 4 heteroatoms. The topological polar surface area (TPSA) is 41.6 Å². The van der Waals surface area contributed by atoms with Crippen LogP contribution in [0.1, 0.15) is 0 Å². The molecule has 2 aromatic heterocycles. The van der Waals surface area contributed by atoms with Crippen LogP contribution in [0.2, 0.25) is 0 Å². The molecule has 0 spiro atoms. The van der Waals surface area contributed by atoms with Crippen LogP contribution in [0.15, 0.2) is 36.9 Å². The fourth-order valence-corrected chi connectivity index (χ4v) is 1.15. The number of aromatic nitrogens is 3. The quantitative estimate of drug-likeness (QED) is 0.699. The average Bonchev–Trinajstić information content (AvgIpc) is 2.20. The Morgan fingerprint density at radius 3 is 2.77 bits per heavy atom. The van der Waals surface area contributed by atoms with Gasteiger partial charge in [0.1, 0.15) is 0 Å². The summed E-state index contributed by atoms with van der Waals surface area (Å²) in [6, 6.07) is 3.86. The van der Waals surface area contributed by atoms with Crippen LogP contribution < -0.4 is 0 Å². The van der Waals surface area contributed by atoms with Gasteiger partial charge in [-0.1, -0.05) is 6.07 Å². The van der Waals surface area contributed by atoms with E-state index in [4.69, 9.17) is 12.2 Å². The van der Waals surface area contributed by atoms with Crippen LogP contribution in [0, 0.1) is 4.77 Å². The molecule has 0 radical (unpaired) electrons. The molecule has 0 saturated heterocycles. The van der Waals surface area contributed by atoms with E-state index in [9.17, 15) is 0 Å². The summed E-state index contributed by atoms with van der Waals surface area (Å²) in [7, 11) is 0. The van der Waals surface area contributed by atoms with Gasteiger partial charge in [-0.15, -0.1) is 0 Å². The Kier molecular flexibility index (Phi) is 2.14. The van der Waals surface area contributed by atoms with Crippen molar-refractivity contribution in [3.63, 3.8) is 0 Å². The molecular weight excluding hydrogens is 182 g/mol. The lowest BCUT2D eigenvalue weighted by Crippen LogP contribution is -1.84. The van der Waals surface area contributed by atoms with E-state index in [1.54, 1.807) is 18.6 Å². The number of aromatic amines is 1. The van der Waals surface area contributed by atoms with Crippen LogP contribution >= 0.6 is 12.2 Å². The lowest BCUT2D eigenvalue weighted by molar-refractivity contribution is 1.13. The van der Waals surface area contributed by atoms with E-state index in [0.29, 0.717) is 4.77 Å². The lowest BCUT2D eigenvalue weighted by Gasteiger charge is -1.97. The van der Waals surface area contributed by atoms with Gasteiger partial charge in [0.2, 0.25) is 0 Å². The average molecular weight is 189 g/mol. The molecule has 2 heterocycles. The summed E-state index contributed by atoms with van der Waals surface area (Å²) in [5.74, 6) is 0. The minimum absolute atomic E-state index is 0.493. The molecule has 1 N–H and O–H groups in total. The van der Waals surface area contributed by atoms with Crippen molar-refractivity contribution in [1.29, 1.82) is 0 Å². The van der Waals surface area contributed by atoms with Crippen LogP contribution in [0.25, 0.3) is 11.1 Å². The number of hydrogen-bond donors (Lipinski definition) is 1. The third kappa shape index (κ3) is 1.78. The van der Waals surface area contributed by atoms with Gasteiger partial charge < -0.3 is 4.98 Å². The Morgan fingerprint density at radius 2 is 2.15 bits per heavy atom. The molecule has 0 aliphatic carbocycles. The molecule has 2 rings (SSSR count). The number of H-pyrrole nitrogens is 1. The zero-order valence-corrected chi connectivity index (χ0v) is 7.58. The highest BCUT2D eigenvalue weighted by atomic mass is 32.1. The number of pyridine rings is 1. The number of nitrogens with one attached hydrogen (secondary N) is 1. The van der Waals surface area contributed by atoms with Gasteiger partial charge in [0, 0.05) is 35.9 Å². The molecule has 0 fully saturated rings. The lowest BCUT2D eigenvalue weighted by atomic mass is 10.2. The molecule has 64 valence electrons. The van der Waals surface area contributed by atoms with E-state index in [-0.39, 0.29) is 0 Å². The third-order valence-corrected chi connectivity index (χ3v) is 1.89. The van der Waals surface area contributed by atoms with Crippen LogP contribution in [0.3, 0.4) is 0 Å². The van der Waals surface area contributed by atoms with Gasteiger partial charge in [0.05, 0.1) is 0 Å². The second-order valence-electron chi connectivity index (χ2n) is 2.55. The summed E-state index contributed by atoms with van der Waals surface area (Å²) in [4.78, 5) is 10.9. The van der Waals surface area contributed by atoms with E-state index in [1.807, 2.05) is 18.3 Å². The van der Waals surface area contributed by atoms with Gasteiger partial charge in [-0.3, -0.25) is 4.98 Å². The van der Waals surface area contributed by atoms with Gasteiger partial charge in [0.25, 0.3) is 0 Å². The Balaban J connectivity index is 2.48. The standard InChI is InChI=1S/C9H7N3S/c13-9-11-5-8(6-12-9)7-2-1-3-10-4-7/h1-6H,(H,11,12,13). The van der Waals surface area contributed by atoms with Crippen molar-refractivity contribution >= 4 is 12.2 Å². The van der Waals surface area contributed by atoms with Gasteiger partial charge in [-0.05, 0) is 18.3 Å². The number of nitrogens with zero attached hydrogens (tertiary/aromatic N) is 2. The number of hydrogen-bond acceptors (Lipinski definition) is 3. The predicted octanol–water partition coefficient (Wildman–Crippen LogP) is 2.20. The molecule has 3 nitrogen and oxygen atoms in total. The fraction of sp³-hybridized carbons (Fsp3) is 0. The molecule has 13 heavy (non-hydrogen) atoms. The van der Waals surface area contributed by atoms with Crippen molar-refractivity contribution < 1.29 is 0 Å². The largest absolute Gasteiger partial charge is 0.337 e. The van der Waals surface area contributed by atoms with E-state index in [2.05, 4.69) is 15.0 Å². The van der Waals surface area contributed by atoms with Crippen LogP contribution in [0.4, 0.5) is 0 Å². The molecule has 0 unspecified atom stereocenters. The predicted molar refractivity (Wildman–Crippen MR) is 52.7 cm³/mol. The summed E-state index contributed by atoms with van der Waals surface area (Å²) < 4.78 is 0.493. The molecule has 0 aliphatic rings. The maximum Gasteiger partial charge on any atom is 0.196 e. The van der Waals surface area contributed by atoms with Crippen molar-refractivity contribution in [2.24, 2.45) is 0 Å². The monoisotopic (exact) mass is 189 g/mol.